The number of rotatable bonds is 5. The number of carbonyl (C=O) groups is 1. The van der Waals surface area contributed by atoms with Crippen molar-refractivity contribution in [2.24, 2.45) is 5.92 Å². The highest BCUT2D eigenvalue weighted by Crippen LogP contribution is 2.15. The van der Waals surface area contributed by atoms with Gasteiger partial charge in [0.1, 0.15) is 5.82 Å². The first kappa shape index (κ1) is 13.6. The van der Waals surface area contributed by atoms with Crippen molar-refractivity contribution in [3.8, 4) is 0 Å². The quantitative estimate of drug-likeness (QED) is 0.830. The first-order chi connectivity index (χ1) is 7.91. The van der Waals surface area contributed by atoms with Crippen LogP contribution in [0.5, 0.6) is 0 Å². The number of carboxylic acid groups (broad SMARTS) is 1. The van der Waals surface area contributed by atoms with Crippen molar-refractivity contribution in [3.63, 3.8) is 0 Å². The number of benzene rings is 1. The van der Waals surface area contributed by atoms with Gasteiger partial charge in [0.2, 0.25) is 0 Å². The molecule has 0 bridgehead atoms. The maximum atomic E-state index is 12.7. The highest BCUT2D eigenvalue weighted by molar-refractivity contribution is 5.70. The van der Waals surface area contributed by atoms with Crippen LogP contribution in [0.4, 0.5) is 4.39 Å². The summed E-state index contributed by atoms with van der Waals surface area (Å²) in [5.74, 6) is -1.55. The Morgan fingerprint density at radius 1 is 1.24 bits per heavy atom. The van der Waals surface area contributed by atoms with Crippen molar-refractivity contribution in [3.05, 3.63) is 35.6 Å². The fourth-order valence-electron chi connectivity index (χ4n) is 1.60. The van der Waals surface area contributed by atoms with E-state index >= 15 is 0 Å². The largest absolute Gasteiger partial charge is 0.481 e. The average molecular weight is 239 g/mol. The molecule has 94 valence electrons. The van der Waals surface area contributed by atoms with Crippen molar-refractivity contribution in [2.75, 3.05) is 0 Å². The molecule has 3 nitrogen and oxygen atoms in total. The van der Waals surface area contributed by atoms with E-state index in [0.29, 0.717) is 0 Å². The number of hydrogen-bond acceptors (Lipinski definition) is 2. The number of nitrogens with one attached hydrogen (secondary N) is 1. The molecule has 3 atom stereocenters. The van der Waals surface area contributed by atoms with Crippen molar-refractivity contribution < 1.29 is 14.3 Å². The molecule has 0 fully saturated rings. The van der Waals surface area contributed by atoms with Crippen LogP contribution in [0.15, 0.2) is 24.3 Å². The minimum absolute atomic E-state index is 0.00704. The second kappa shape index (κ2) is 5.77. The molecule has 0 saturated heterocycles. The Balaban J connectivity index is 2.63. The molecule has 0 aliphatic rings. The van der Waals surface area contributed by atoms with E-state index in [1.165, 1.54) is 12.1 Å². The molecule has 0 aromatic heterocycles. The van der Waals surface area contributed by atoms with E-state index in [2.05, 4.69) is 5.32 Å². The van der Waals surface area contributed by atoms with Crippen LogP contribution < -0.4 is 5.32 Å². The maximum Gasteiger partial charge on any atom is 0.307 e. The highest BCUT2D eigenvalue weighted by Gasteiger charge is 2.20. The molecule has 0 heterocycles. The van der Waals surface area contributed by atoms with Crippen LogP contribution in [-0.2, 0) is 4.79 Å². The van der Waals surface area contributed by atoms with E-state index in [4.69, 9.17) is 5.11 Å². The van der Waals surface area contributed by atoms with E-state index in [0.717, 1.165) is 5.56 Å². The van der Waals surface area contributed by atoms with Crippen LogP contribution in [0.3, 0.4) is 0 Å². The summed E-state index contributed by atoms with van der Waals surface area (Å²) < 4.78 is 12.7. The van der Waals surface area contributed by atoms with Gasteiger partial charge >= 0.3 is 5.97 Å². The van der Waals surface area contributed by atoms with E-state index in [-0.39, 0.29) is 17.9 Å². The van der Waals surface area contributed by atoms with Crippen LogP contribution >= 0.6 is 0 Å². The van der Waals surface area contributed by atoms with Crippen molar-refractivity contribution in [1.82, 2.24) is 5.32 Å². The zero-order valence-corrected chi connectivity index (χ0v) is 10.3. The van der Waals surface area contributed by atoms with Gasteiger partial charge in [0.15, 0.2) is 0 Å². The summed E-state index contributed by atoms with van der Waals surface area (Å²) in [6.45, 7) is 5.43. The molecule has 17 heavy (non-hydrogen) atoms. The lowest BCUT2D eigenvalue weighted by Crippen LogP contribution is -2.37. The van der Waals surface area contributed by atoms with Crippen LogP contribution in [0, 0.1) is 11.7 Å². The molecule has 1 aromatic rings. The standard InChI is InChI=1S/C13H18FNO2/c1-8(13(16)17)9(2)15-10(3)11-4-6-12(14)7-5-11/h4-10,15H,1-3H3,(H,16,17)/t8?,9?,10-/m0/s1. The summed E-state index contributed by atoms with van der Waals surface area (Å²) in [5.41, 5.74) is 0.941. The second-order valence-electron chi connectivity index (χ2n) is 4.36. The maximum absolute atomic E-state index is 12.7. The number of carboxylic acids is 1. The average Bonchev–Trinajstić information content (AvgIpc) is 2.28. The fourth-order valence-corrected chi connectivity index (χ4v) is 1.60. The van der Waals surface area contributed by atoms with Gasteiger partial charge in [0.05, 0.1) is 5.92 Å². The lowest BCUT2D eigenvalue weighted by Gasteiger charge is -2.23. The molecule has 0 aliphatic carbocycles. The Morgan fingerprint density at radius 2 is 1.76 bits per heavy atom. The molecule has 0 amide bonds. The molecule has 1 aromatic carbocycles. The number of aliphatic carboxylic acids is 1. The zero-order chi connectivity index (χ0) is 13.0. The Labute approximate surface area is 101 Å². The summed E-state index contributed by atoms with van der Waals surface area (Å²) in [5, 5.41) is 12.1. The van der Waals surface area contributed by atoms with Gasteiger partial charge in [-0.05, 0) is 31.5 Å². The summed E-state index contributed by atoms with van der Waals surface area (Å²) in [7, 11) is 0. The number of halogens is 1. The van der Waals surface area contributed by atoms with Gasteiger partial charge in [-0.2, -0.15) is 0 Å². The van der Waals surface area contributed by atoms with Crippen LogP contribution in [0.25, 0.3) is 0 Å². The SMILES string of the molecule is CC(N[C@@H](C)c1ccc(F)cc1)C(C)C(=O)O. The van der Waals surface area contributed by atoms with Gasteiger partial charge < -0.3 is 10.4 Å². The fraction of sp³-hybridized carbons (Fsp3) is 0.462. The van der Waals surface area contributed by atoms with Gasteiger partial charge in [0, 0.05) is 12.1 Å². The summed E-state index contributed by atoms with van der Waals surface area (Å²) in [4.78, 5) is 10.8. The van der Waals surface area contributed by atoms with Crippen LogP contribution in [0.2, 0.25) is 0 Å². The molecule has 0 aliphatic heterocycles. The molecule has 0 radical (unpaired) electrons. The molecule has 2 unspecified atom stereocenters. The highest BCUT2D eigenvalue weighted by atomic mass is 19.1. The topological polar surface area (TPSA) is 49.3 Å². The molecule has 1 rings (SSSR count). The van der Waals surface area contributed by atoms with E-state index < -0.39 is 11.9 Å². The lowest BCUT2D eigenvalue weighted by atomic mass is 10.0. The Bertz CT molecular complexity index is 378. The normalized spacial score (nSPS) is 16.2. The predicted molar refractivity (Wildman–Crippen MR) is 64.2 cm³/mol. The third-order valence-corrected chi connectivity index (χ3v) is 3.02. The third-order valence-electron chi connectivity index (χ3n) is 3.02. The smallest absolute Gasteiger partial charge is 0.307 e. The molecule has 0 saturated carbocycles. The van der Waals surface area contributed by atoms with Crippen LogP contribution in [-0.4, -0.2) is 17.1 Å². The first-order valence-electron chi connectivity index (χ1n) is 5.66. The Morgan fingerprint density at radius 3 is 2.24 bits per heavy atom. The minimum Gasteiger partial charge on any atom is -0.481 e. The molecular formula is C13H18FNO2. The van der Waals surface area contributed by atoms with Gasteiger partial charge in [-0.15, -0.1) is 0 Å². The molecule has 0 spiro atoms. The monoisotopic (exact) mass is 239 g/mol. The Kier molecular flexibility index (Phi) is 4.63. The van der Waals surface area contributed by atoms with Crippen molar-refractivity contribution in [2.45, 2.75) is 32.9 Å². The predicted octanol–water partition coefficient (Wildman–Crippen LogP) is 2.59. The lowest BCUT2D eigenvalue weighted by molar-refractivity contribution is -0.142. The van der Waals surface area contributed by atoms with Crippen LogP contribution in [0.1, 0.15) is 32.4 Å². The molecule has 4 heteroatoms. The number of hydrogen-bond donors (Lipinski definition) is 2. The van der Waals surface area contributed by atoms with Gasteiger partial charge in [0.25, 0.3) is 0 Å². The van der Waals surface area contributed by atoms with Gasteiger partial charge in [-0.3, -0.25) is 4.79 Å². The summed E-state index contributed by atoms with van der Waals surface area (Å²) >= 11 is 0. The third kappa shape index (κ3) is 3.82. The van der Waals surface area contributed by atoms with Crippen molar-refractivity contribution >= 4 is 5.97 Å². The van der Waals surface area contributed by atoms with Gasteiger partial charge in [-0.25, -0.2) is 4.39 Å². The Hall–Kier alpha value is -1.42. The van der Waals surface area contributed by atoms with E-state index in [1.54, 1.807) is 19.1 Å². The second-order valence-corrected chi connectivity index (χ2v) is 4.36. The molecular weight excluding hydrogens is 221 g/mol. The van der Waals surface area contributed by atoms with E-state index in [1.807, 2.05) is 13.8 Å². The molecule has 2 N–H and O–H groups in total. The summed E-state index contributed by atoms with van der Waals surface area (Å²) in [6.07, 6.45) is 0. The zero-order valence-electron chi connectivity index (χ0n) is 10.3. The first-order valence-corrected chi connectivity index (χ1v) is 5.66. The van der Waals surface area contributed by atoms with Gasteiger partial charge in [-0.1, -0.05) is 19.1 Å². The minimum atomic E-state index is -0.823. The van der Waals surface area contributed by atoms with Crippen molar-refractivity contribution in [1.29, 1.82) is 0 Å². The summed E-state index contributed by atoms with van der Waals surface area (Å²) in [6, 6.07) is 6.05. The van der Waals surface area contributed by atoms with E-state index in [9.17, 15) is 9.18 Å².